The molecule has 2 aliphatic carbocycles. The maximum Gasteiger partial charge on any atom is 0.275 e. The summed E-state index contributed by atoms with van der Waals surface area (Å²) in [5, 5.41) is 7.58. The van der Waals surface area contributed by atoms with Crippen molar-refractivity contribution in [2.75, 3.05) is 20.3 Å². The monoisotopic (exact) mass is 501 g/mol. The fourth-order valence-electron chi connectivity index (χ4n) is 5.97. The Bertz CT molecular complexity index is 1240. The SMILES string of the molecule is COc1cc(CN(C[C@H]2CCCO2)C(=O)c2n[nH]c3c2CCCC3)ccc1OC1Cc2ccccc2C1. The number of nitrogens with zero attached hydrogens (tertiary/aromatic N) is 2. The molecule has 1 fully saturated rings. The molecule has 6 rings (SSSR count). The van der Waals surface area contributed by atoms with Crippen LogP contribution in [0, 0.1) is 0 Å². The van der Waals surface area contributed by atoms with Gasteiger partial charge in [-0.2, -0.15) is 5.10 Å². The summed E-state index contributed by atoms with van der Waals surface area (Å²) in [6, 6.07) is 14.5. The average Bonchev–Trinajstić information content (AvgIpc) is 3.68. The first-order valence-corrected chi connectivity index (χ1v) is 13.6. The van der Waals surface area contributed by atoms with E-state index in [1.165, 1.54) is 11.1 Å². The van der Waals surface area contributed by atoms with Crippen LogP contribution < -0.4 is 9.47 Å². The Balaban J connectivity index is 1.20. The molecule has 0 radical (unpaired) electrons. The minimum atomic E-state index is -0.0297. The summed E-state index contributed by atoms with van der Waals surface area (Å²) in [5.41, 5.74) is 6.48. The van der Waals surface area contributed by atoms with Crippen LogP contribution in [0.3, 0.4) is 0 Å². The summed E-state index contributed by atoms with van der Waals surface area (Å²) >= 11 is 0. The molecule has 1 amide bonds. The molecule has 2 heterocycles. The van der Waals surface area contributed by atoms with Crippen molar-refractivity contribution < 1.29 is 19.0 Å². The number of carbonyl (C=O) groups is 1. The molecule has 1 atom stereocenters. The molecule has 3 aromatic rings. The quantitative estimate of drug-likeness (QED) is 0.486. The third-order valence-electron chi connectivity index (χ3n) is 7.90. The van der Waals surface area contributed by atoms with Crippen molar-refractivity contribution >= 4 is 5.91 Å². The minimum absolute atomic E-state index is 0.0297. The first kappa shape index (κ1) is 24.0. The van der Waals surface area contributed by atoms with Gasteiger partial charge in [0.2, 0.25) is 0 Å². The number of rotatable bonds is 8. The average molecular weight is 502 g/mol. The molecule has 1 N–H and O–H groups in total. The zero-order valence-electron chi connectivity index (χ0n) is 21.5. The number of hydrogen-bond donors (Lipinski definition) is 1. The van der Waals surface area contributed by atoms with Crippen molar-refractivity contribution in [3.8, 4) is 11.5 Å². The lowest BCUT2D eigenvalue weighted by Gasteiger charge is -2.26. The highest BCUT2D eigenvalue weighted by atomic mass is 16.5. The van der Waals surface area contributed by atoms with Gasteiger partial charge in [-0.05, 0) is 67.3 Å². The molecule has 37 heavy (non-hydrogen) atoms. The fourth-order valence-corrected chi connectivity index (χ4v) is 5.97. The second-order valence-electron chi connectivity index (χ2n) is 10.5. The van der Waals surface area contributed by atoms with Gasteiger partial charge in [-0.3, -0.25) is 9.89 Å². The van der Waals surface area contributed by atoms with E-state index in [9.17, 15) is 4.79 Å². The molecule has 0 spiro atoms. The van der Waals surface area contributed by atoms with Gasteiger partial charge < -0.3 is 19.1 Å². The molecule has 3 aliphatic rings. The molecule has 1 saturated heterocycles. The Morgan fingerprint density at radius 1 is 1.08 bits per heavy atom. The maximum absolute atomic E-state index is 13.8. The van der Waals surface area contributed by atoms with Crippen LogP contribution in [0.2, 0.25) is 0 Å². The molecular formula is C30H35N3O4. The van der Waals surface area contributed by atoms with Crippen LogP contribution in [0.15, 0.2) is 42.5 Å². The van der Waals surface area contributed by atoms with Gasteiger partial charge in [0.05, 0.1) is 13.2 Å². The largest absolute Gasteiger partial charge is 0.493 e. The van der Waals surface area contributed by atoms with E-state index >= 15 is 0 Å². The predicted molar refractivity (Wildman–Crippen MR) is 140 cm³/mol. The van der Waals surface area contributed by atoms with E-state index in [1.54, 1.807) is 7.11 Å². The summed E-state index contributed by atoms with van der Waals surface area (Å²) < 4.78 is 18.0. The lowest BCUT2D eigenvalue weighted by molar-refractivity contribution is 0.0501. The van der Waals surface area contributed by atoms with Crippen LogP contribution in [-0.2, 0) is 37.0 Å². The molecular weight excluding hydrogens is 466 g/mol. The first-order valence-electron chi connectivity index (χ1n) is 13.6. The van der Waals surface area contributed by atoms with E-state index in [4.69, 9.17) is 14.2 Å². The number of nitrogens with one attached hydrogen (secondary N) is 1. The van der Waals surface area contributed by atoms with Crippen molar-refractivity contribution in [1.82, 2.24) is 15.1 Å². The second-order valence-corrected chi connectivity index (χ2v) is 10.5. The number of ether oxygens (including phenoxy) is 3. The van der Waals surface area contributed by atoms with Crippen LogP contribution in [0.25, 0.3) is 0 Å². The highest BCUT2D eigenvalue weighted by Gasteiger charge is 2.29. The smallest absolute Gasteiger partial charge is 0.275 e. The number of hydrogen-bond acceptors (Lipinski definition) is 5. The lowest BCUT2D eigenvalue weighted by atomic mass is 9.95. The van der Waals surface area contributed by atoms with Crippen molar-refractivity contribution in [2.24, 2.45) is 0 Å². The summed E-state index contributed by atoms with van der Waals surface area (Å²) in [5.74, 6) is 1.40. The molecule has 0 saturated carbocycles. The Morgan fingerprint density at radius 3 is 2.65 bits per heavy atom. The van der Waals surface area contributed by atoms with Crippen molar-refractivity contribution in [3.63, 3.8) is 0 Å². The number of H-pyrrole nitrogens is 1. The number of aromatic nitrogens is 2. The van der Waals surface area contributed by atoms with Gasteiger partial charge >= 0.3 is 0 Å². The Morgan fingerprint density at radius 2 is 1.89 bits per heavy atom. The Kier molecular flexibility index (Phi) is 6.87. The highest BCUT2D eigenvalue weighted by molar-refractivity contribution is 5.94. The van der Waals surface area contributed by atoms with E-state index in [0.717, 1.165) is 80.5 Å². The zero-order valence-corrected chi connectivity index (χ0v) is 21.5. The van der Waals surface area contributed by atoms with Gasteiger partial charge in [0.25, 0.3) is 5.91 Å². The van der Waals surface area contributed by atoms with E-state index in [1.807, 2.05) is 23.1 Å². The molecule has 1 aromatic heterocycles. The second kappa shape index (κ2) is 10.6. The third kappa shape index (κ3) is 5.10. The van der Waals surface area contributed by atoms with Crippen LogP contribution in [0.1, 0.15) is 64.1 Å². The van der Waals surface area contributed by atoms with Gasteiger partial charge in [-0.25, -0.2) is 0 Å². The van der Waals surface area contributed by atoms with E-state index in [-0.39, 0.29) is 18.1 Å². The Labute approximate surface area is 218 Å². The van der Waals surface area contributed by atoms with Gasteiger partial charge in [-0.1, -0.05) is 30.3 Å². The van der Waals surface area contributed by atoms with Gasteiger partial charge in [0.1, 0.15) is 6.10 Å². The molecule has 7 heteroatoms. The lowest BCUT2D eigenvalue weighted by Crippen LogP contribution is -2.37. The minimum Gasteiger partial charge on any atom is -0.493 e. The Hall–Kier alpha value is -3.32. The number of methoxy groups -OCH3 is 1. The van der Waals surface area contributed by atoms with E-state index in [2.05, 4.69) is 34.5 Å². The van der Waals surface area contributed by atoms with Crippen molar-refractivity contribution in [2.45, 2.75) is 70.1 Å². The van der Waals surface area contributed by atoms with E-state index < -0.39 is 0 Å². The fraction of sp³-hybridized carbons (Fsp3) is 0.467. The number of aryl methyl sites for hydroxylation is 1. The number of amides is 1. The number of benzene rings is 2. The summed E-state index contributed by atoms with van der Waals surface area (Å²) in [6.45, 7) is 1.78. The maximum atomic E-state index is 13.8. The molecule has 194 valence electrons. The van der Waals surface area contributed by atoms with Gasteiger partial charge in [0, 0.05) is 43.8 Å². The topological polar surface area (TPSA) is 76.7 Å². The first-order chi connectivity index (χ1) is 18.2. The summed E-state index contributed by atoms with van der Waals surface area (Å²) in [6.07, 6.45) is 8.09. The number of aromatic amines is 1. The van der Waals surface area contributed by atoms with E-state index in [0.29, 0.717) is 24.5 Å². The normalized spacial score (nSPS) is 18.9. The van der Waals surface area contributed by atoms with Crippen molar-refractivity contribution in [3.05, 3.63) is 76.1 Å². The summed E-state index contributed by atoms with van der Waals surface area (Å²) in [4.78, 5) is 15.7. The zero-order chi connectivity index (χ0) is 25.2. The van der Waals surface area contributed by atoms with Gasteiger partial charge in [0.15, 0.2) is 17.2 Å². The third-order valence-corrected chi connectivity index (χ3v) is 7.90. The molecule has 2 aromatic carbocycles. The molecule has 0 unspecified atom stereocenters. The van der Waals surface area contributed by atoms with Gasteiger partial charge in [-0.15, -0.1) is 0 Å². The predicted octanol–water partition coefficient (Wildman–Crippen LogP) is 4.66. The highest BCUT2D eigenvalue weighted by Crippen LogP contribution is 2.33. The molecule has 7 nitrogen and oxygen atoms in total. The standard InChI is InChI=1S/C30H35N3O4/c1-35-28-15-20(12-13-27(28)37-24-16-21-7-2-3-8-22(21)17-24)18-33(19-23-9-6-14-36-23)30(34)29-25-10-4-5-11-26(25)31-32-29/h2-3,7-8,12-13,15,23-24H,4-6,9-11,14,16-19H2,1H3,(H,31,32)/t23-/m1/s1. The van der Waals surface area contributed by atoms with Crippen molar-refractivity contribution in [1.29, 1.82) is 0 Å². The number of fused-ring (bicyclic) bond motifs is 2. The van der Waals surface area contributed by atoms with Crippen LogP contribution in [-0.4, -0.2) is 53.5 Å². The summed E-state index contributed by atoms with van der Waals surface area (Å²) in [7, 11) is 1.67. The molecule has 1 aliphatic heterocycles. The molecule has 0 bridgehead atoms. The number of carbonyl (C=O) groups excluding carboxylic acids is 1. The van der Waals surface area contributed by atoms with Crippen LogP contribution >= 0.6 is 0 Å². The van der Waals surface area contributed by atoms with Crippen LogP contribution in [0.5, 0.6) is 11.5 Å². The van der Waals surface area contributed by atoms with Crippen LogP contribution in [0.4, 0.5) is 0 Å².